The molecule has 0 amide bonds. The minimum Gasteiger partial charge on any atom is -0.457 e. The van der Waals surface area contributed by atoms with E-state index >= 15 is 0 Å². The molecule has 0 aliphatic heterocycles. The molecular weight excluding hydrogens is 284 g/mol. The molecule has 0 saturated carbocycles. The van der Waals surface area contributed by atoms with Gasteiger partial charge in [-0.2, -0.15) is 0 Å². The first-order valence-electron chi connectivity index (χ1n) is 6.23. The summed E-state index contributed by atoms with van der Waals surface area (Å²) in [6, 6.07) is 8.61. The zero-order valence-electron chi connectivity index (χ0n) is 10.9. The molecule has 0 fully saturated rings. The molecule has 0 spiro atoms. The molecule has 0 aliphatic carbocycles. The molecule has 2 aromatic rings. The van der Waals surface area contributed by atoms with Gasteiger partial charge in [0.05, 0.1) is 5.02 Å². The van der Waals surface area contributed by atoms with E-state index in [0.29, 0.717) is 23.6 Å². The van der Waals surface area contributed by atoms with Crippen LogP contribution >= 0.6 is 11.6 Å². The molecule has 20 heavy (non-hydrogen) atoms. The van der Waals surface area contributed by atoms with Gasteiger partial charge in [-0.25, -0.2) is 8.78 Å². The fraction of sp³-hybridized carbons (Fsp3) is 0.200. The van der Waals surface area contributed by atoms with Gasteiger partial charge in [-0.05, 0) is 30.8 Å². The summed E-state index contributed by atoms with van der Waals surface area (Å²) in [4.78, 5) is 0. The third-order valence-corrected chi connectivity index (χ3v) is 3.04. The van der Waals surface area contributed by atoms with E-state index in [1.165, 1.54) is 24.3 Å². The predicted octanol–water partition coefficient (Wildman–Crippen LogP) is 4.52. The van der Waals surface area contributed by atoms with Crippen molar-refractivity contribution in [3.8, 4) is 11.5 Å². The van der Waals surface area contributed by atoms with Crippen molar-refractivity contribution in [2.45, 2.75) is 13.5 Å². The van der Waals surface area contributed by atoms with Crippen molar-refractivity contribution < 1.29 is 13.5 Å². The third kappa shape index (κ3) is 3.46. The molecule has 0 heterocycles. The SMILES string of the molecule is CCNCc1c(F)cccc1Oc1ccc(F)c(Cl)c1. The van der Waals surface area contributed by atoms with Gasteiger partial charge in [-0.3, -0.25) is 0 Å². The van der Waals surface area contributed by atoms with Crippen molar-refractivity contribution >= 4 is 11.6 Å². The lowest BCUT2D eigenvalue weighted by atomic mass is 10.2. The molecule has 2 aromatic carbocycles. The lowest BCUT2D eigenvalue weighted by Gasteiger charge is -2.12. The fourth-order valence-electron chi connectivity index (χ4n) is 1.72. The molecule has 0 radical (unpaired) electrons. The van der Waals surface area contributed by atoms with Gasteiger partial charge >= 0.3 is 0 Å². The van der Waals surface area contributed by atoms with E-state index in [-0.39, 0.29) is 10.8 Å². The summed E-state index contributed by atoms with van der Waals surface area (Å²) in [5.41, 5.74) is 0.426. The quantitative estimate of drug-likeness (QED) is 0.876. The highest BCUT2D eigenvalue weighted by molar-refractivity contribution is 6.30. The van der Waals surface area contributed by atoms with Gasteiger partial charge < -0.3 is 10.1 Å². The summed E-state index contributed by atoms with van der Waals surface area (Å²) in [6.07, 6.45) is 0. The molecule has 0 aromatic heterocycles. The monoisotopic (exact) mass is 297 g/mol. The van der Waals surface area contributed by atoms with Crippen molar-refractivity contribution in [1.82, 2.24) is 5.32 Å². The van der Waals surface area contributed by atoms with Crippen LogP contribution < -0.4 is 10.1 Å². The number of benzene rings is 2. The molecule has 0 aliphatic rings. The Balaban J connectivity index is 2.28. The Kier molecular flexibility index (Phi) is 4.93. The van der Waals surface area contributed by atoms with Gasteiger partial charge in [-0.1, -0.05) is 24.6 Å². The second kappa shape index (κ2) is 6.68. The van der Waals surface area contributed by atoms with Crippen LogP contribution in [0.5, 0.6) is 11.5 Å². The smallest absolute Gasteiger partial charge is 0.142 e. The Morgan fingerprint density at radius 1 is 1.15 bits per heavy atom. The van der Waals surface area contributed by atoms with E-state index in [1.807, 2.05) is 6.92 Å². The minimum atomic E-state index is -0.522. The number of hydrogen-bond acceptors (Lipinski definition) is 2. The Morgan fingerprint density at radius 3 is 2.65 bits per heavy atom. The van der Waals surface area contributed by atoms with E-state index in [1.54, 1.807) is 12.1 Å². The van der Waals surface area contributed by atoms with Gasteiger partial charge in [0.1, 0.15) is 23.1 Å². The molecular formula is C15H14ClF2NO. The normalized spacial score (nSPS) is 10.6. The predicted molar refractivity (Wildman–Crippen MR) is 75.3 cm³/mol. The van der Waals surface area contributed by atoms with Crippen LogP contribution in [0.1, 0.15) is 12.5 Å². The van der Waals surface area contributed by atoms with E-state index in [9.17, 15) is 8.78 Å². The first-order chi connectivity index (χ1) is 9.61. The largest absolute Gasteiger partial charge is 0.457 e. The zero-order chi connectivity index (χ0) is 14.5. The number of rotatable bonds is 5. The van der Waals surface area contributed by atoms with Crippen LogP contribution in [-0.4, -0.2) is 6.54 Å². The Bertz CT molecular complexity index is 604. The maximum atomic E-state index is 13.8. The lowest BCUT2D eigenvalue weighted by molar-refractivity contribution is 0.461. The van der Waals surface area contributed by atoms with Crippen LogP contribution in [0.15, 0.2) is 36.4 Å². The minimum absolute atomic E-state index is 0.0351. The lowest BCUT2D eigenvalue weighted by Crippen LogP contribution is -2.13. The summed E-state index contributed by atoms with van der Waals surface area (Å²) < 4.78 is 32.5. The molecule has 0 unspecified atom stereocenters. The maximum absolute atomic E-state index is 13.8. The van der Waals surface area contributed by atoms with Crippen LogP contribution in [0.3, 0.4) is 0 Å². The first kappa shape index (κ1) is 14.8. The van der Waals surface area contributed by atoms with Crippen molar-refractivity contribution in [3.63, 3.8) is 0 Å². The average molecular weight is 298 g/mol. The zero-order valence-corrected chi connectivity index (χ0v) is 11.7. The van der Waals surface area contributed by atoms with Gasteiger partial charge in [0, 0.05) is 18.2 Å². The standard InChI is InChI=1S/C15H14ClF2NO/c1-2-19-9-11-13(17)4-3-5-15(11)20-10-6-7-14(18)12(16)8-10/h3-8,19H,2,9H2,1H3. The summed E-state index contributed by atoms with van der Waals surface area (Å²) in [5.74, 6) is -0.129. The van der Waals surface area contributed by atoms with E-state index in [2.05, 4.69) is 5.32 Å². The van der Waals surface area contributed by atoms with Crippen molar-refractivity contribution in [2.75, 3.05) is 6.54 Å². The van der Waals surface area contributed by atoms with Crippen LogP contribution in [0.4, 0.5) is 8.78 Å². The molecule has 1 N–H and O–H groups in total. The highest BCUT2D eigenvalue weighted by Gasteiger charge is 2.11. The highest BCUT2D eigenvalue weighted by atomic mass is 35.5. The van der Waals surface area contributed by atoms with Crippen molar-refractivity contribution in [3.05, 3.63) is 58.6 Å². The van der Waals surface area contributed by atoms with E-state index in [4.69, 9.17) is 16.3 Å². The van der Waals surface area contributed by atoms with Crippen LogP contribution in [-0.2, 0) is 6.54 Å². The highest BCUT2D eigenvalue weighted by Crippen LogP contribution is 2.29. The number of hydrogen-bond donors (Lipinski definition) is 1. The summed E-state index contributed by atoms with van der Waals surface area (Å²) in [7, 11) is 0. The fourth-order valence-corrected chi connectivity index (χ4v) is 1.89. The first-order valence-corrected chi connectivity index (χ1v) is 6.60. The number of nitrogens with one attached hydrogen (secondary N) is 1. The second-order valence-electron chi connectivity index (χ2n) is 4.17. The summed E-state index contributed by atoms with van der Waals surface area (Å²) >= 11 is 5.69. The van der Waals surface area contributed by atoms with Gasteiger partial charge in [0.15, 0.2) is 0 Å². The molecule has 0 bridgehead atoms. The molecule has 106 valence electrons. The Hall–Kier alpha value is -1.65. The summed E-state index contributed by atoms with van der Waals surface area (Å²) in [5, 5.41) is 3.01. The van der Waals surface area contributed by atoms with Crippen LogP contribution in [0.2, 0.25) is 5.02 Å². The Labute approximate surface area is 121 Å². The molecule has 0 atom stereocenters. The Morgan fingerprint density at radius 2 is 1.95 bits per heavy atom. The third-order valence-electron chi connectivity index (χ3n) is 2.75. The number of halogens is 3. The second-order valence-corrected chi connectivity index (χ2v) is 4.58. The van der Waals surface area contributed by atoms with Crippen LogP contribution in [0.25, 0.3) is 0 Å². The van der Waals surface area contributed by atoms with Gasteiger partial charge in [0.25, 0.3) is 0 Å². The van der Waals surface area contributed by atoms with E-state index in [0.717, 1.165) is 6.54 Å². The molecule has 5 heteroatoms. The van der Waals surface area contributed by atoms with Crippen LogP contribution in [0, 0.1) is 11.6 Å². The van der Waals surface area contributed by atoms with Crippen molar-refractivity contribution in [1.29, 1.82) is 0 Å². The molecule has 0 saturated heterocycles. The molecule has 2 nitrogen and oxygen atoms in total. The number of ether oxygens (including phenoxy) is 1. The van der Waals surface area contributed by atoms with Gasteiger partial charge in [-0.15, -0.1) is 0 Å². The van der Waals surface area contributed by atoms with Gasteiger partial charge in [0.2, 0.25) is 0 Å². The van der Waals surface area contributed by atoms with E-state index < -0.39 is 5.82 Å². The maximum Gasteiger partial charge on any atom is 0.142 e. The van der Waals surface area contributed by atoms with Crippen molar-refractivity contribution in [2.24, 2.45) is 0 Å². The average Bonchev–Trinajstić information content (AvgIpc) is 2.42. The topological polar surface area (TPSA) is 21.3 Å². The summed E-state index contributed by atoms with van der Waals surface area (Å²) in [6.45, 7) is 3.00. The molecule has 2 rings (SSSR count).